The van der Waals surface area contributed by atoms with Gasteiger partial charge in [-0.1, -0.05) is 0 Å². The molecule has 170 valence electrons. The van der Waals surface area contributed by atoms with Crippen molar-refractivity contribution >= 4 is 28.6 Å². The van der Waals surface area contributed by atoms with Gasteiger partial charge < -0.3 is 24.5 Å². The largest absolute Gasteiger partial charge is 0.460 e. The van der Waals surface area contributed by atoms with Crippen molar-refractivity contribution in [3.8, 4) is 6.01 Å². The number of H-pyrrole nitrogens is 1. The van der Waals surface area contributed by atoms with Gasteiger partial charge >= 0.3 is 6.01 Å². The molecule has 1 aromatic carbocycles. The second-order valence-corrected chi connectivity index (χ2v) is 8.64. The lowest BCUT2D eigenvalue weighted by atomic mass is 10.1. The van der Waals surface area contributed by atoms with Crippen molar-refractivity contribution in [2.24, 2.45) is 5.10 Å². The highest BCUT2D eigenvalue weighted by Crippen LogP contribution is 2.24. The van der Waals surface area contributed by atoms with Crippen LogP contribution < -0.4 is 15.1 Å². The fourth-order valence-electron chi connectivity index (χ4n) is 3.46. The number of ether oxygens (including phenoxy) is 2. The Morgan fingerprint density at radius 2 is 2.03 bits per heavy atom. The van der Waals surface area contributed by atoms with Gasteiger partial charge in [0.1, 0.15) is 12.4 Å². The average molecular weight is 439 g/mol. The molecule has 0 unspecified atom stereocenters. The minimum absolute atomic E-state index is 0.0871. The van der Waals surface area contributed by atoms with Gasteiger partial charge in [-0.15, -0.1) is 0 Å². The molecule has 3 aromatic rings. The molecule has 2 aromatic heterocycles. The zero-order chi connectivity index (χ0) is 22.7. The molecule has 3 heterocycles. The molecule has 9 nitrogen and oxygen atoms in total. The first kappa shape index (κ1) is 22.0. The number of hydrogen-bond acceptors (Lipinski definition) is 8. The molecule has 0 aliphatic carbocycles. The van der Waals surface area contributed by atoms with Gasteiger partial charge in [0.05, 0.1) is 36.4 Å². The van der Waals surface area contributed by atoms with Gasteiger partial charge in [-0.05, 0) is 51.5 Å². The van der Waals surface area contributed by atoms with Crippen LogP contribution >= 0.6 is 0 Å². The molecule has 32 heavy (non-hydrogen) atoms. The summed E-state index contributed by atoms with van der Waals surface area (Å²) in [6.45, 7) is 10.4. The van der Waals surface area contributed by atoms with E-state index < -0.39 is 5.60 Å². The van der Waals surface area contributed by atoms with Crippen LogP contribution in [-0.4, -0.2) is 64.8 Å². The number of hydrazone groups is 1. The van der Waals surface area contributed by atoms with Crippen LogP contribution in [0.25, 0.3) is 10.9 Å². The van der Waals surface area contributed by atoms with E-state index in [1.54, 1.807) is 20.1 Å². The summed E-state index contributed by atoms with van der Waals surface area (Å²) in [5.74, 6) is 0.746. The number of rotatable bonds is 7. The molecule has 0 radical (unpaired) electrons. The third-order valence-electron chi connectivity index (χ3n) is 5.30. The molecule has 0 bridgehead atoms. The lowest BCUT2D eigenvalue weighted by Crippen LogP contribution is -2.37. The van der Waals surface area contributed by atoms with Crippen LogP contribution in [0, 0.1) is 13.8 Å². The van der Waals surface area contributed by atoms with E-state index in [1.165, 1.54) is 10.9 Å². The van der Waals surface area contributed by atoms with Crippen molar-refractivity contribution in [2.75, 3.05) is 43.2 Å². The van der Waals surface area contributed by atoms with Crippen LogP contribution in [-0.2, 0) is 4.74 Å². The van der Waals surface area contributed by atoms with Crippen molar-refractivity contribution in [3.63, 3.8) is 0 Å². The van der Waals surface area contributed by atoms with Gasteiger partial charge in [0, 0.05) is 35.8 Å². The summed E-state index contributed by atoms with van der Waals surface area (Å²) in [6, 6.07) is 8.17. The van der Waals surface area contributed by atoms with Crippen LogP contribution in [0.15, 0.2) is 29.4 Å². The fraction of sp³-hybridized carbons (Fsp3) is 0.435. The summed E-state index contributed by atoms with van der Waals surface area (Å²) in [7, 11) is 0. The molecule has 0 atom stereocenters. The Hall–Kier alpha value is -3.17. The van der Waals surface area contributed by atoms with Gasteiger partial charge in [0.2, 0.25) is 0 Å². The SMILES string of the molecule is Cc1[nH]c2ccc(N/N=C/c3cc(N4CCOCC4)nc(OCC(C)(C)O)n3)cc2c1C. The highest BCUT2D eigenvalue weighted by molar-refractivity contribution is 5.87. The Labute approximate surface area is 187 Å². The molecule has 4 rings (SSSR count). The van der Waals surface area contributed by atoms with E-state index >= 15 is 0 Å². The predicted octanol–water partition coefficient (Wildman–Crippen LogP) is 3.01. The minimum Gasteiger partial charge on any atom is -0.460 e. The van der Waals surface area contributed by atoms with Crippen LogP contribution in [0.5, 0.6) is 6.01 Å². The zero-order valence-electron chi connectivity index (χ0n) is 19.0. The summed E-state index contributed by atoms with van der Waals surface area (Å²) in [5.41, 5.74) is 7.08. The Bertz CT molecular complexity index is 1110. The topological polar surface area (TPSA) is 108 Å². The average Bonchev–Trinajstić information content (AvgIpc) is 3.06. The molecular weight excluding hydrogens is 408 g/mol. The molecule has 1 aliphatic rings. The van der Waals surface area contributed by atoms with Crippen LogP contribution in [0.4, 0.5) is 11.5 Å². The highest BCUT2D eigenvalue weighted by Gasteiger charge is 2.18. The summed E-state index contributed by atoms with van der Waals surface area (Å²) >= 11 is 0. The van der Waals surface area contributed by atoms with Crippen molar-refractivity contribution in [1.82, 2.24) is 15.0 Å². The van der Waals surface area contributed by atoms with Crippen LogP contribution in [0.3, 0.4) is 0 Å². The Kier molecular flexibility index (Phi) is 6.29. The second-order valence-electron chi connectivity index (χ2n) is 8.64. The quantitative estimate of drug-likeness (QED) is 0.384. The van der Waals surface area contributed by atoms with Crippen LogP contribution in [0.2, 0.25) is 0 Å². The van der Waals surface area contributed by atoms with E-state index in [2.05, 4.69) is 50.3 Å². The first-order chi connectivity index (χ1) is 15.3. The molecule has 3 N–H and O–H groups in total. The lowest BCUT2D eigenvalue weighted by molar-refractivity contribution is 0.0250. The maximum Gasteiger partial charge on any atom is 0.319 e. The normalized spacial score (nSPS) is 15.0. The fourth-order valence-corrected chi connectivity index (χ4v) is 3.46. The van der Waals surface area contributed by atoms with Crippen molar-refractivity contribution < 1.29 is 14.6 Å². The van der Waals surface area contributed by atoms with Gasteiger partial charge in [-0.25, -0.2) is 0 Å². The first-order valence-electron chi connectivity index (χ1n) is 10.7. The minimum atomic E-state index is -0.985. The predicted molar refractivity (Wildman–Crippen MR) is 126 cm³/mol. The third kappa shape index (κ3) is 5.35. The Morgan fingerprint density at radius 3 is 2.78 bits per heavy atom. The van der Waals surface area contributed by atoms with E-state index in [1.807, 2.05) is 18.2 Å². The summed E-state index contributed by atoms with van der Waals surface area (Å²) in [4.78, 5) is 14.4. The summed E-state index contributed by atoms with van der Waals surface area (Å²) in [6.07, 6.45) is 1.64. The van der Waals surface area contributed by atoms with Gasteiger partial charge in [0.25, 0.3) is 0 Å². The molecule has 0 spiro atoms. The van der Waals surface area contributed by atoms with Crippen molar-refractivity contribution in [1.29, 1.82) is 0 Å². The summed E-state index contributed by atoms with van der Waals surface area (Å²) < 4.78 is 11.1. The highest BCUT2D eigenvalue weighted by atomic mass is 16.5. The maximum atomic E-state index is 9.98. The van der Waals surface area contributed by atoms with E-state index in [-0.39, 0.29) is 12.6 Å². The zero-order valence-corrected chi connectivity index (χ0v) is 19.0. The van der Waals surface area contributed by atoms with Crippen LogP contribution in [0.1, 0.15) is 30.8 Å². The Balaban J connectivity index is 1.54. The number of aryl methyl sites for hydroxylation is 2. The molecule has 0 amide bonds. The standard InChI is InChI=1S/C23H30N6O3/c1-15-16(2)25-20-6-5-17(11-19(15)20)28-24-13-18-12-21(29-7-9-31-10-8-29)27-22(26-18)32-14-23(3,4)30/h5-6,11-13,25,28,30H,7-10,14H2,1-4H3/b24-13+. The number of nitrogens with zero attached hydrogens (tertiary/aromatic N) is 4. The molecule has 1 saturated heterocycles. The van der Waals surface area contributed by atoms with E-state index in [0.29, 0.717) is 18.9 Å². The number of aromatic nitrogens is 3. The van der Waals surface area contributed by atoms with E-state index in [0.717, 1.165) is 35.8 Å². The molecule has 0 saturated carbocycles. The number of aromatic amines is 1. The number of nitrogens with one attached hydrogen (secondary N) is 2. The number of hydrogen-bond donors (Lipinski definition) is 3. The number of morpholine rings is 1. The smallest absolute Gasteiger partial charge is 0.319 e. The second kappa shape index (κ2) is 9.13. The number of anilines is 2. The molecule has 1 fully saturated rings. The molecular formula is C23H30N6O3. The van der Waals surface area contributed by atoms with Gasteiger partial charge in [0.15, 0.2) is 0 Å². The van der Waals surface area contributed by atoms with Gasteiger partial charge in [-0.2, -0.15) is 15.1 Å². The monoisotopic (exact) mass is 438 g/mol. The molecule has 9 heteroatoms. The van der Waals surface area contributed by atoms with E-state index in [4.69, 9.17) is 9.47 Å². The first-order valence-corrected chi connectivity index (χ1v) is 10.7. The number of aliphatic hydroxyl groups is 1. The summed E-state index contributed by atoms with van der Waals surface area (Å²) in [5, 5.41) is 15.5. The van der Waals surface area contributed by atoms with E-state index in [9.17, 15) is 5.11 Å². The van der Waals surface area contributed by atoms with Gasteiger partial charge in [-0.3, -0.25) is 5.43 Å². The third-order valence-corrected chi connectivity index (χ3v) is 5.30. The number of fused-ring (bicyclic) bond motifs is 1. The van der Waals surface area contributed by atoms with Crippen molar-refractivity contribution in [2.45, 2.75) is 33.3 Å². The number of benzene rings is 1. The lowest BCUT2D eigenvalue weighted by Gasteiger charge is -2.28. The molecule has 1 aliphatic heterocycles. The van der Waals surface area contributed by atoms with Crippen molar-refractivity contribution in [3.05, 3.63) is 41.2 Å². The maximum absolute atomic E-state index is 9.98. The Morgan fingerprint density at radius 1 is 1.25 bits per heavy atom.